The van der Waals surface area contributed by atoms with E-state index in [0.717, 1.165) is 5.69 Å². The third-order valence-corrected chi connectivity index (χ3v) is 3.42. The summed E-state index contributed by atoms with van der Waals surface area (Å²) < 4.78 is 0. The van der Waals surface area contributed by atoms with Gasteiger partial charge in [-0.3, -0.25) is 4.79 Å². The number of urea groups is 1. The standard InChI is InChI=1S/C18H21N3O2/c1-18(2,3)13-6-10-14(11-7-13)20-16(22)12-4-8-15(9-5-12)21-17(19)23/h4-11H,1-3H3,(H,20,22)(H3,19,21,23). The van der Waals surface area contributed by atoms with Gasteiger partial charge in [0.25, 0.3) is 5.91 Å². The third-order valence-electron chi connectivity index (χ3n) is 3.42. The molecule has 5 nitrogen and oxygen atoms in total. The number of hydrogen-bond donors (Lipinski definition) is 3. The molecule has 0 fully saturated rings. The summed E-state index contributed by atoms with van der Waals surface area (Å²) >= 11 is 0. The van der Waals surface area contributed by atoms with E-state index >= 15 is 0 Å². The molecule has 4 N–H and O–H groups in total. The largest absolute Gasteiger partial charge is 0.351 e. The van der Waals surface area contributed by atoms with Crippen molar-refractivity contribution in [3.63, 3.8) is 0 Å². The molecule has 0 aromatic heterocycles. The Hall–Kier alpha value is -2.82. The third kappa shape index (κ3) is 4.57. The van der Waals surface area contributed by atoms with E-state index in [2.05, 4.69) is 31.4 Å². The fourth-order valence-electron chi connectivity index (χ4n) is 2.10. The van der Waals surface area contributed by atoms with Crippen molar-refractivity contribution in [3.05, 3.63) is 59.7 Å². The summed E-state index contributed by atoms with van der Waals surface area (Å²) in [5.41, 5.74) is 8.10. The first kappa shape index (κ1) is 16.5. The first-order valence-corrected chi connectivity index (χ1v) is 7.34. The maximum atomic E-state index is 12.2. The maximum absolute atomic E-state index is 12.2. The number of benzene rings is 2. The predicted octanol–water partition coefficient (Wildman–Crippen LogP) is 3.73. The van der Waals surface area contributed by atoms with Crippen LogP contribution in [0.15, 0.2) is 48.5 Å². The number of carbonyl (C=O) groups excluding carboxylic acids is 2. The smallest absolute Gasteiger partial charge is 0.316 e. The number of rotatable bonds is 3. The van der Waals surface area contributed by atoms with Crippen LogP contribution in [0, 0.1) is 0 Å². The fraction of sp³-hybridized carbons (Fsp3) is 0.222. The van der Waals surface area contributed by atoms with Gasteiger partial charge in [0.2, 0.25) is 0 Å². The van der Waals surface area contributed by atoms with Crippen LogP contribution in [-0.2, 0) is 5.41 Å². The molecule has 0 bridgehead atoms. The lowest BCUT2D eigenvalue weighted by Crippen LogP contribution is -2.19. The molecule has 0 unspecified atom stereocenters. The average molecular weight is 311 g/mol. The summed E-state index contributed by atoms with van der Waals surface area (Å²) in [6.07, 6.45) is 0. The SMILES string of the molecule is CC(C)(C)c1ccc(NC(=O)c2ccc(NC(N)=O)cc2)cc1. The molecular weight excluding hydrogens is 290 g/mol. The van der Waals surface area contributed by atoms with Gasteiger partial charge < -0.3 is 16.4 Å². The molecule has 0 heterocycles. The van der Waals surface area contributed by atoms with Gasteiger partial charge in [-0.25, -0.2) is 4.79 Å². The highest BCUT2D eigenvalue weighted by Crippen LogP contribution is 2.23. The van der Waals surface area contributed by atoms with Gasteiger partial charge in [0, 0.05) is 16.9 Å². The highest BCUT2D eigenvalue weighted by atomic mass is 16.2. The Morgan fingerprint density at radius 2 is 1.30 bits per heavy atom. The summed E-state index contributed by atoms with van der Waals surface area (Å²) in [4.78, 5) is 23.0. The van der Waals surface area contributed by atoms with Gasteiger partial charge >= 0.3 is 6.03 Å². The van der Waals surface area contributed by atoms with E-state index in [1.54, 1.807) is 24.3 Å². The second-order valence-corrected chi connectivity index (χ2v) is 6.35. The Kier molecular flexibility index (Phi) is 4.69. The number of nitrogens with one attached hydrogen (secondary N) is 2. The van der Waals surface area contributed by atoms with Crippen molar-refractivity contribution in [1.29, 1.82) is 0 Å². The Labute approximate surface area is 135 Å². The monoisotopic (exact) mass is 311 g/mol. The van der Waals surface area contributed by atoms with Gasteiger partial charge in [0.05, 0.1) is 0 Å². The van der Waals surface area contributed by atoms with Crippen LogP contribution in [0.4, 0.5) is 16.2 Å². The van der Waals surface area contributed by atoms with Crippen molar-refractivity contribution in [1.82, 2.24) is 0 Å². The predicted molar refractivity (Wildman–Crippen MR) is 92.7 cm³/mol. The molecule has 23 heavy (non-hydrogen) atoms. The lowest BCUT2D eigenvalue weighted by molar-refractivity contribution is 0.102. The summed E-state index contributed by atoms with van der Waals surface area (Å²) in [6, 6.07) is 13.7. The maximum Gasteiger partial charge on any atom is 0.316 e. The Morgan fingerprint density at radius 3 is 1.78 bits per heavy atom. The molecule has 0 saturated heterocycles. The lowest BCUT2D eigenvalue weighted by Gasteiger charge is -2.19. The molecule has 0 aliphatic rings. The van der Waals surface area contributed by atoms with Crippen molar-refractivity contribution >= 4 is 23.3 Å². The number of primary amides is 1. The van der Waals surface area contributed by atoms with E-state index in [0.29, 0.717) is 11.3 Å². The number of hydrogen-bond acceptors (Lipinski definition) is 2. The highest BCUT2D eigenvalue weighted by molar-refractivity contribution is 6.04. The number of amides is 3. The van der Waals surface area contributed by atoms with E-state index in [4.69, 9.17) is 5.73 Å². The van der Waals surface area contributed by atoms with Gasteiger partial charge in [-0.2, -0.15) is 0 Å². The molecule has 0 aliphatic carbocycles. The van der Waals surface area contributed by atoms with Crippen molar-refractivity contribution < 1.29 is 9.59 Å². The zero-order valence-corrected chi connectivity index (χ0v) is 13.5. The molecule has 0 spiro atoms. The van der Waals surface area contributed by atoms with Gasteiger partial charge in [0.1, 0.15) is 0 Å². The number of anilines is 2. The Bertz CT molecular complexity index is 699. The normalized spacial score (nSPS) is 10.9. The zero-order chi connectivity index (χ0) is 17.0. The fourth-order valence-corrected chi connectivity index (χ4v) is 2.10. The van der Waals surface area contributed by atoms with Gasteiger partial charge in [-0.15, -0.1) is 0 Å². The molecule has 0 aliphatic heterocycles. The Morgan fingerprint density at radius 1 is 0.826 bits per heavy atom. The molecule has 2 rings (SSSR count). The molecule has 120 valence electrons. The quantitative estimate of drug-likeness (QED) is 0.807. The second-order valence-electron chi connectivity index (χ2n) is 6.35. The minimum absolute atomic E-state index is 0.0752. The van der Waals surface area contributed by atoms with Crippen LogP contribution in [0.25, 0.3) is 0 Å². The molecular formula is C18H21N3O2. The minimum Gasteiger partial charge on any atom is -0.351 e. The molecule has 3 amide bonds. The molecule has 5 heteroatoms. The zero-order valence-electron chi connectivity index (χ0n) is 13.5. The molecule has 2 aromatic carbocycles. The summed E-state index contributed by atoms with van der Waals surface area (Å²) in [7, 11) is 0. The van der Waals surface area contributed by atoms with Crippen LogP contribution in [-0.4, -0.2) is 11.9 Å². The van der Waals surface area contributed by atoms with Crippen LogP contribution >= 0.6 is 0 Å². The first-order chi connectivity index (χ1) is 10.8. The molecule has 2 aromatic rings. The van der Waals surface area contributed by atoms with Crippen molar-refractivity contribution in [3.8, 4) is 0 Å². The van der Waals surface area contributed by atoms with Crippen LogP contribution in [0.5, 0.6) is 0 Å². The molecule has 0 radical (unpaired) electrons. The second kappa shape index (κ2) is 6.52. The van der Waals surface area contributed by atoms with Crippen LogP contribution in [0.1, 0.15) is 36.7 Å². The minimum atomic E-state index is -0.638. The highest BCUT2D eigenvalue weighted by Gasteiger charge is 2.13. The van der Waals surface area contributed by atoms with E-state index in [9.17, 15) is 9.59 Å². The van der Waals surface area contributed by atoms with Crippen LogP contribution in [0.3, 0.4) is 0 Å². The van der Waals surface area contributed by atoms with Gasteiger partial charge in [-0.05, 0) is 47.4 Å². The van der Waals surface area contributed by atoms with E-state index in [1.807, 2.05) is 24.3 Å². The lowest BCUT2D eigenvalue weighted by atomic mass is 9.87. The topological polar surface area (TPSA) is 84.2 Å². The van der Waals surface area contributed by atoms with Crippen LogP contribution in [0.2, 0.25) is 0 Å². The van der Waals surface area contributed by atoms with E-state index < -0.39 is 6.03 Å². The van der Waals surface area contributed by atoms with Crippen molar-refractivity contribution in [2.24, 2.45) is 5.73 Å². The van der Waals surface area contributed by atoms with Crippen molar-refractivity contribution in [2.75, 3.05) is 10.6 Å². The van der Waals surface area contributed by atoms with Gasteiger partial charge in [0.15, 0.2) is 0 Å². The Balaban J connectivity index is 2.05. The first-order valence-electron chi connectivity index (χ1n) is 7.34. The molecule has 0 saturated carbocycles. The number of carbonyl (C=O) groups is 2. The van der Waals surface area contributed by atoms with Gasteiger partial charge in [-0.1, -0.05) is 32.9 Å². The summed E-state index contributed by atoms with van der Waals surface area (Å²) in [6.45, 7) is 6.42. The van der Waals surface area contributed by atoms with Crippen molar-refractivity contribution in [2.45, 2.75) is 26.2 Å². The molecule has 0 atom stereocenters. The summed E-state index contributed by atoms with van der Waals surface area (Å²) in [5.74, 6) is -0.209. The van der Waals surface area contributed by atoms with E-state index in [-0.39, 0.29) is 11.3 Å². The average Bonchev–Trinajstić information content (AvgIpc) is 2.47. The van der Waals surface area contributed by atoms with E-state index in [1.165, 1.54) is 5.56 Å². The number of nitrogens with two attached hydrogens (primary N) is 1. The summed E-state index contributed by atoms with van der Waals surface area (Å²) in [5, 5.41) is 5.29. The van der Waals surface area contributed by atoms with Crippen LogP contribution < -0.4 is 16.4 Å².